The summed E-state index contributed by atoms with van der Waals surface area (Å²) >= 11 is 0. The smallest absolute Gasteiger partial charge is 0.229 e. The molecule has 0 fully saturated rings. The quantitative estimate of drug-likeness (QED) is 0.577. The van der Waals surface area contributed by atoms with Crippen LogP contribution in [0.1, 0.15) is 18.3 Å². The first kappa shape index (κ1) is 19.2. The molecule has 28 heavy (non-hydrogen) atoms. The van der Waals surface area contributed by atoms with Crippen molar-refractivity contribution in [3.8, 4) is 11.4 Å². The van der Waals surface area contributed by atoms with E-state index >= 15 is 0 Å². The summed E-state index contributed by atoms with van der Waals surface area (Å²) in [7, 11) is 3.42. The van der Waals surface area contributed by atoms with Crippen molar-refractivity contribution in [3.63, 3.8) is 0 Å². The predicted octanol–water partition coefficient (Wildman–Crippen LogP) is 2.40. The number of amides is 1. The summed E-state index contributed by atoms with van der Waals surface area (Å²) in [5.41, 5.74) is 3.15. The number of aromatic nitrogens is 4. The number of rotatable bonds is 7. The number of anilines is 3. The maximum absolute atomic E-state index is 11.1. The molecule has 3 N–H and O–H groups in total. The van der Waals surface area contributed by atoms with Crippen molar-refractivity contribution < 1.29 is 9.53 Å². The summed E-state index contributed by atoms with van der Waals surface area (Å²) in [6, 6.07) is 9.35. The van der Waals surface area contributed by atoms with Gasteiger partial charge in [0.15, 0.2) is 0 Å². The third-order valence-corrected chi connectivity index (χ3v) is 3.95. The molecule has 2 heterocycles. The Kier molecular flexibility index (Phi) is 5.73. The van der Waals surface area contributed by atoms with E-state index in [9.17, 15) is 4.79 Å². The number of benzene rings is 1. The molecule has 0 aliphatic carbocycles. The average molecular weight is 381 g/mol. The van der Waals surface area contributed by atoms with Crippen LogP contribution >= 0.6 is 0 Å². The van der Waals surface area contributed by atoms with Crippen molar-refractivity contribution in [1.29, 1.82) is 0 Å². The largest absolute Gasteiger partial charge is 0.494 e. The molecule has 2 aromatic heterocycles. The van der Waals surface area contributed by atoms with Crippen LogP contribution in [-0.2, 0) is 11.3 Å². The molecular formula is C19H23N7O2. The van der Waals surface area contributed by atoms with Gasteiger partial charge in [-0.25, -0.2) is 9.67 Å². The van der Waals surface area contributed by atoms with E-state index in [1.807, 2.05) is 50.5 Å². The first-order valence-electron chi connectivity index (χ1n) is 8.76. The van der Waals surface area contributed by atoms with Crippen LogP contribution in [0.5, 0.6) is 5.75 Å². The summed E-state index contributed by atoms with van der Waals surface area (Å²) < 4.78 is 7.17. The number of hydrogen-bond donors (Lipinski definition) is 3. The molecule has 0 radical (unpaired) electrons. The van der Waals surface area contributed by atoms with Crippen molar-refractivity contribution in [1.82, 2.24) is 25.1 Å². The molecule has 0 aliphatic heterocycles. The van der Waals surface area contributed by atoms with Gasteiger partial charge >= 0.3 is 0 Å². The Balaban J connectivity index is 1.88. The van der Waals surface area contributed by atoms with Gasteiger partial charge in [0.05, 0.1) is 19.3 Å². The summed E-state index contributed by atoms with van der Waals surface area (Å²) in [5, 5.41) is 13.5. The second kappa shape index (κ2) is 8.38. The lowest BCUT2D eigenvalue weighted by atomic mass is 10.2. The highest BCUT2D eigenvalue weighted by Crippen LogP contribution is 2.27. The number of carbonyl (C=O) groups excluding carboxylic acids is 1. The number of carbonyl (C=O) groups is 1. The van der Waals surface area contributed by atoms with E-state index < -0.39 is 0 Å². The molecule has 9 heteroatoms. The Morgan fingerprint density at radius 1 is 1.21 bits per heavy atom. The molecule has 0 unspecified atom stereocenters. The highest BCUT2D eigenvalue weighted by Gasteiger charge is 2.10. The fourth-order valence-electron chi connectivity index (χ4n) is 2.63. The topological polar surface area (TPSA) is 106 Å². The molecule has 0 spiro atoms. The van der Waals surface area contributed by atoms with Gasteiger partial charge in [0.2, 0.25) is 11.9 Å². The Morgan fingerprint density at radius 3 is 2.75 bits per heavy atom. The minimum atomic E-state index is -0.0996. The van der Waals surface area contributed by atoms with E-state index in [1.165, 1.54) is 6.92 Å². The zero-order chi connectivity index (χ0) is 20.1. The molecule has 9 nitrogen and oxygen atoms in total. The number of nitrogens with one attached hydrogen (secondary N) is 3. The predicted molar refractivity (Wildman–Crippen MR) is 107 cm³/mol. The molecular weight excluding hydrogens is 358 g/mol. The van der Waals surface area contributed by atoms with Crippen molar-refractivity contribution in [2.24, 2.45) is 0 Å². The van der Waals surface area contributed by atoms with Crippen LogP contribution in [0.4, 0.5) is 17.5 Å². The SMILES string of the molecule is CNc1cc(C)nc(Nc2ccc(OC)c(-n3ccc(CNC(C)=O)n3)c2)n1. The molecule has 0 aliphatic rings. The summed E-state index contributed by atoms with van der Waals surface area (Å²) in [6.07, 6.45) is 1.82. The van der Waals surface area contributed by atoms with Crippen LogP contribution in [0.25, 0.3) is 5.69 Å². The van der Waals surface area contributed by atoms with Gasteiger partial charge in [0.25, 0.3) is 0 Å². The Bertz CT molecular complexity index is 984. The minimum absolute atomic E-state index is 0.0996. The third kappa shape index (κ3) is 4.56. The van der Waals surface area contributed by atoms with Crippen LogP contribution in [0.3, 0.4) is 0 Å². The zero-order valence-electron chi connectivity index (χ0n) is 16.3. The second-order valence-electron chi connectivity index (χ2n) is 6.14. The van der Waals surface area contributed by atoms with Crippen LogP contribution in [-0.4, -0.2) is 39.8 Å². The maximum Gasteiger partial charge on any atom is 0.229 e. The molecule has 146 valence electrons. The Hall–Kier alpha value is -3.62. The van der Waals surface area contributed by atoms with Gasteiger partial charge in [-0.05, 0) is 31.2 Å². The first-order chi connectivity index (χ1) is 13.5. The lowest BCUT2D eigenvalue weighted by Crippen LogP contribution is -2.19. The number of ether oxygens (including phenoxy) is 1. The zero-order valence-corrected chi connectivity index (χ0v) is 16.3. The molecule has 1 amide bonds. The van der Waals surface area contributed by atoms with Crippen LogP contribution in [0.15, 0.2) is 36.5 Å². The van der Waals surface area contributed by atoms with Gasteiger partial charge in [-0.15, -0.1) is 0 Å². The van der Waals surface area contributed by atoms with Crippen molar-refractivity contribution in [2.75, 3.05) is 24.8 Å². The highest BCUT2D eigenvalue weighted by molar-refractivity contribution is 5.72. The third-order valence-electron chi connectivity index (χ3n) is 3.95. The van der Waals surface area contributed by atoms with Crippen LogP contribution in [0, 0.1) is 6.92 Å². The van der Waals surface area contributed by atoms with Gasteiger partial charge in [-0.3, -0.25) is 4.79 Å². The molecule has 0 saturated carbocycles. The molecule has 0 bridgehead atoms. The number of hydrogen-bond acceptors (Lipinski definition) is 7. The van der Waals surface area contributed by atoms with E-state index in [0.29, 0.717) is 18.2 Å². The van der Waals surface area contributed by atoms with Gasteiger partial charge in [-0.1, -0.05) is 0 Å². The van der Waals surface area contributed by atoms with Crippen molar-refractivity contribution >= 4 is 23.4 Å². The normalized spacial score (nSPS) is 10.4. The lowest BCUT2D eigenvalue weighted by Gasteiger charge is -2.12. The van der Waals surface area contributed by atoms with Gasteiger partial charge in [-0.2, -0.15) is 10.1 Å². The maximum atomic E-state index is 11.1. The van der Waals surface area contributed by atoms with E-state index in [-0.39, 0.29) is 5.91 Å². The van der Waals surface area contributed by atoms with E-state index in [0.717, 1.165) is 28.6 Å². The van der Waals surface area contributed by atoms with Gasteiger partial charge in [0.1, 0.15) is 17.3 Å². The van der Waals surface area contributed by atoms with Crippen LogP contribution < -0.4 is 20.7 Å². The second-order valence-corrected chi connectivity index (χ2v) is 6.14. The molecule has 0 atom stereocenters. The van der Waals surface area contributed by atoms with Crippen LogP contribution in [0.2, 0.25) is 0 Å². The highest BCUT2D eigenvalue weighted by atomic mass is 16.5. The van der Waals surface area contributed by atoms with Gasteiger partial charge < -0.3 is 20.7 Å². The fourth-order valence-corrected chi connectivity index (χ4v) is 2.63. The Labute approximate surface area is 163 Å². The van der Waals surface area contributed by atoms with Gasteiger partial charge in [0, 0.05) is 37.6 Å². The fraction of sp³-hybridized carbons (Fsp3) is 0.263. The van der Waals surface area contributed by atoms with E-state index in [1.54, 1.807) is 11.8 Å². The standard InChI is InChI=1S/C19H23N7O2/c1-12-9-18(20-3)24-19(22-12)23-14-5-6-17(28-4)16(10-14)26-8-7-15(25-26)11-21-13(2)27/h5-10H,11H2,1-4H3,(H,21,27)(H2,20,22,23,24). The molecule has 3 aromatic rings. The first-order valence-corrected chi connectivity index (χ1v) is 8.76. The molecule has 1 aromatic carbocycles. The monoisotopic (exact) mass is 381 g/mol. The summed E-state index contributed by atoms with van der Waals surface area (Å²) in [4.78, 5) is 19.9. The van der Waals surface area contributed by atoms with Crippen molar-refractivity contribution in [2.45, 2.75) is 20.4 Å². The number of methoxy groups -OCH3 is 1. The summed E-state index contributed by atoms with van der Waals surface area (Å²) in [6.45, 7) is 3.75. The number of nitrogens with zero attached hydrogens (tertiary/aromatic N) is 4. The lowest BCUT2D eigenvalue weighted by molar-refractivity contribution is -0.119. The van der Waals surface area contributed by atoms with E-state index in [4.69, 9.17) is 4.74 Å². The summed E-state index contributed by atoms with van der Waals surface area (Å²) in [5.74, 6) is 1.80. The molecule has 3 rings (SSSR count). The number of aryl methyl sites for hydroxylation is 1. The minimum Gasteiger partial charge on any atom is -0.494 e. The molecule has 0 saturated heterocycles. The van der Waals surface area contributed by atoms with Crippen molar-refractivity contribution in [3.05, 3.63) is 47.9 Å². The Morgan fingerprint density at radius 2 is 2.04 bits per heavy atom. The van der Waals surface area contributed by atoms with E-state index in [2.05, 4.69) is 31.0 Å². The average Bonchev–Trinajstić information content (AvgIpc) is 3.14.